The van der Waals surface area contributed by atoms with Crippen LogP contribution < -0.4 is 5.73 Å². The number of hydrogen-bond acceptors (Lipinski definition) is 4. The van der Waals surface area contributed by atoms with E-state index in [1.807, 2.05) is 6.21 Å². The standard InChI is InChI=1S/C9H12N4/c1-5-3-11-8-7(6(5)2)12-4-13-9(8)10/h3-6H,1-2H3,(H2,10,12,13). The van der Waals surface area contributed by atoms with Gasteiger partial charge >= 0.3 is 0 Å². The van der Waals surface area contributed by atoms with Crippen LogP contribution in [0, 0.1) is 5.92 Å². The van der Waals surface area contributed by atoms with E-state index in [1.165, 1.54) is 6.33 Å². The largest absolute Gasteiger partial charge is 0.382 e. The van der Waals surface area contributed by atoms with E-state index in [9.17, 15) is 0 Å². The number of nitrogens with two attached hydrogens (primary N) is 1. The number of fused-ring (bicyclic) bond motifs is 1. The third-order valence-corrected chi connectivity index (χ3v) is 2.54. The Hall–Kier alpha value is -1.45. The number of aromatic nitrogens is 2. The molecule has 1 aromatic heterocycles. The van der Waals surface area contributed by atoms with E-state index in [0.717, 1.165) is 11.4 Å². The minimum atomic E-state index is 0.373. The molecule has 2 rings (SSSR count). The van der Waals surface area contributed by atoms with Crippen molar-refractivity contribution in [3.8, 4) is 0 Å². The van der Waals surface area contributed by atoms with E-state index in [0.29, 0.717) is 17.7 Å². The van der Waals surface area contributed by atoms with Crippen LogP contribution in [0.1, 0.15) is 25.5 Å². The lowest BCUT2D eigenvalue weighted by atomic mass is 9.90. The first-order valence-corrected chi connectivity index (χ1v) is 4.34. The number of aliphatic imine (C=N–C) groups is 1. The molecule has 1 aliphatic rings. The Morgan fingerprint density at radius 3 is 2.85 bits per heavy atom. The summed E-state index contributed by atoms with van der Waals surface area (Å²) in [6.07, 6.45) is 3.41. The van der Waals surface area contributed by atoms with Crippen LogP contribution in [0.5, 0.6) is 0 Å². The lowest BCUT2D eigenvalue weighted by Gasteiger charge is -2.21. The molecule has 2 heterocycles. The Morgan fingerprint density at radius 1 is 1.31 bits per heavy atom. The number of nitrogens with zero attached hydrogens (tertiary/aromatic N) is 3. The first kappa shape index (κ1) is 8.16. The molecule has 2 unspecified atom stereocenters. The monoisotopic (exact) mass is 176 g/mol. The van der Waals surface area contributed by atoms with Gasteiger partial charge in [0.25, 0.3) is 0 Å². The van der Waals surface area contributed by atoms with Crippen molar-refractivity contribution < 1.29 is 0 Å². The summed E-state index contributed by atoms with van der Waals surface area (Å²) < 4.78 is 0. The van der Waals surface area contributed by atoms with Crippen molar-refractivity contribution in [2.75, 3.05) is 5.73 Å². The second-order valence-electron chi connectivity index (χ2n) is 3.42. The lowest BCUT2D eigenvalue weighted by molar-refractivity contribution is 0.607. The normalized spacial score (nSPS) is 25.7. The van der Waals surface area contributed by atoms with Crippen LogP contribution in [0.15, 0.2) is 11.3 Å². The van der Waals surface area contributed by atoms with Gasteiger partial charge in [0.05, 0.1) is 5.69 Å². The van der Waals surface area contributed by atoms with Crippen LogP contribution in [0.3, 0.4) is 0 Å². The van der Waals surface area contributed by atoms with Gasteiger partial charge < -0.3 is 5.73 Å². The van der Waals surface area contributed by atoms with Gasteiger partial charge in [-0.1, -0.05) is 13.8 Å². The molecule has 4 nitrogen and oxygen atoms in total. The molecule has 68 valence electrons. The molecular formula is C9H12N4. The molecule has 1 aromatic rings. The van der Waals surface area contributed by atoms with Gasteiger partial charge in [-0.15, -0.1) is 0 Å². The molecule has 0 fully saturated rings. The van der Waals surface area contributed by atoms with Gasteiger partial charge in [-0.25, -0.2) is 9.97 Å². The van der Waals surface area contributed by atoms with E-state index >= 15 is 0 Å². The molecule has 4 heteroatoms. The highest BCUT2D eigenvalue weighted by atomic mass is 15.0. The van der Waals surface area contributed by atoms with Crippen LogP contribution in [0.25, 0.3) is 0 Å². The van der Waals surface area contributed by atoms with Crippen molar-refractivity contribution in [2.24, 2.45) is 10.9 Å². The van der Waals surface area contributed by atoms with Gasteiger partial charge in [-0.05, 0) is 5.92 Å². The summed E-state index contributed by atoms with van der Waals surface area (Å²) in [6.45, 7) is 4.25. The topological polar surface area (TPSA) is 64.2 Å². The summed E-state index contributed by atoms with van der Waals surface area (Å²) in [5.41, 5.74) is 7.39. The fraction of sp³-hybridized carbons (Fsp3) is 0.444. The highest BCUT2D eigenvalue weighted by Gasteiger charge is 2.23. The molecular weight excluding hydrogens is 164 g/mol. The third-order valence-electron chi connectivity index (χ3n) is 2.54. The molecule has 0 amide bonds. The van der Waals surface area contributed by atoms with Crippen LogP contribution in [0.2, 0.25) is 0 Å². The Morgan fingerprint density at radius 2 is 2.08 bits per heavy atom. The third kappa shape index (κ3) is 1.18. The molecule has 13 heavy (non-hydrogen) atoms. The summed E-state index contributed by atoms with van der Waals surface area (Å²) in [5.74, 6) is 1.26. The van der Waals surface area contributed by atoms with Gasteiger partial charge in [-0.2, -0.15) is 0 Å². The maximum atomic E-state index is 5.68. The second-order valence-corrected chi connectivity index (χ2v) is 3.42. The van der Waals surface area contributed by atoms with Crippen molar-refractivity contribution in [1.29, 1.82) is 0 Å². The number of hydrogen-bond donors (Lipinski definition) is 1. The summed E-state index contributed by atoms with van der Waals surface area (Å²) in [7, 11) is 0. The van der Waals surface area contributed by atoms with Gasteiger partial charge in [0.15, 0.2) is 5.82 Å². The predicted octanol–water partition coefficient (Wildman–Crippen LogP) is 1.51. The smallest absolute Gasteiger partial charge is 0.153 e. The minimum Gasteiger partial charge on any atom is -0.382 e. The van der Waals surface area contributed by atoms with E-state index < -0.39 is 0 Å². The molecule has 0 aliphatic carbocycles. The maximum absolute atomic E-state index is 5.68. The fourth-order valence-corrected chi connectivity index (χ4v) is 1.44. The van der Waals surface area contributed by atoms with Crippen LogP contribution in [0.4, 0.5) is 11.5 Å². The zero-order valence-electron chi connectivity index (χ0n) is 7.73. The van der Waals surface area contributed by atoms with Gasteiger partial charge in [0, 0.05) is 12.1 Å². The molecule has 0 spiro atoms. The zero-order valence-corrected chi connectivity index (χ0v) is 7.73. The van der Waals surface area contributed by atoms with E-state index in [2.05, 4.69) is 28.8 Å². The first-order valence-electron chi connectivity index (χ1n) is 4.34. The maximum Gasteiger partial charge on any atom is 0.153 e. The lowest BCUT2D eigenvalue weighted by Crippen LogP contribution is -2.14. The van der Waals surface area contributed by atoms with Gasteiger partial charge in [-0.3, -0.25) is 4.99 Å². The van der Waals surface area contributed by atoms with Crippen molar-refractivity contribution in [2.45, 2.75) is 19.8 Å². The van der Waals surface area contributed by atoms with Crippen molar-refractivity contribution in [3.63, 3.8) is 0 Å². The average molecular weight is 176 g/mol. The van der Waals surface area contributed by atoms with Gasteiger partial charge in [0.2, 0.25) is 0 Å². The Labute approximate surface area is 76.9 Å². The molecule has 0 radical (unpaired) electrons. The summed E-state index contributed by atoms with van der Waals surface area (Å²) in [6, 6.07) is 0. The van der Waals surface area contributed by atoms with Crippen LogP contribution >= 0.6 is 0 Å². The second kappa shape index (κ2) is 2.80. The molecule has 1 aliphatic heterocycles. The fourth-order valence-electron chi connectivity index (χ4n) is 1.44. The summed E-state index contributed by atoms with van der Waals surface area (Å²) in [4.78, 5) is 12.4. The Kier molecular flexibility index (Phi) is 1.76. The predicted molar refractivity (Wildman–Crippen MR) is 52.2 cm³/mol. The molecule has 0 aromatic carbocycles. The minimum absolute atomic E-state index is 0.373. The Balaban J connectivity index is 2.58. The molecule has 0 saturated heterocycles. The number of nitrogen functional groups attached to an aromatic ring is 1. The molecule has 0 saturated carbocycles. The van der Waals surface area contributed by atoms with Crippen molar-refractivity contribution in [1.82, 2.24) is 9.97 Å². The number of anilines is 1. The highest BCUT2D eigenvalue weighted by Crippen LogP contribution is 2.35. The van der Waals surface area contributed by atoms with Crippen molar-refractivity contribution >= 4 is 17.7 Å². The SMILES string of the molecule is CC1C=Nc2c(N)ncnc2C1C. The van der Waals surface area contributed by atoms with E-state index in [4.69, 9.17) is 5.73 Å². The summed E-state index contributed by atoms with van der Waals surface area (Å²) in [5, 5.41) is 0. The average Bonchev–Trinajstić information content (AvgIpc) is 2.12. The molecule has 2 N–H and O–H groups in total. The summed E-state index contributed by atoms with van der Waals surface area (Å²) >= 11 is 0. The van der Waals surface area contributed by atoms with Crippen molar-refractivity contribution in [3.05, 3.63) is 12.0 Å². The first-order chi connectivity index (χ1) is 6.20. The number of rotatable bonds is 0. The highest BCUT2D eigenvalue weighted by molar-refractivity contribution is 5.76. The zero-order chi connectivity index (χ0) is 9.42. The Bertz CT molecular complexity index is 359. The molecule has 0 bridgehead atoms. The van der Waals surface area contributed by atoms with E-state index in [1.54, 1.807) is 0 Å². The van der Waals surface area contributed by atoms with Crippen LogP contribution in [-0.2, 0) is 0 Å². The van der Waals surface area contributed by atoms with Crippen LogP contribution in [-0.4, -0.2) is 16.2 Å². The van der Waals surface area contributed by atoms with Gasteiger partial charge in [0.1, 0.15) is 12.0 Å². The van der Waals surface area contributed by atoms with E-state index in [-0.39, 0.29) is 0 Å². The molecule has 2 atom stereocenters. The quantitative estimate of drug-likeness (QED) is 0.651.